The summed E-state index contributed by atoms with van der Waals surface area (Å²) in [7, 11) is 2.31. The molecule has 1 amide bonds. The monoisotopic (exact) mass is 405 g/mol. The molecule has 2 aromatic rings. The van der Waals surface area contributed by atoms with Crippen molar-refractivity contribution in [1.29, 1.82) is 0 Å². The van der Waals surface area contributed by atoms with Gasteiger partial charge in [0.25, 0.3) is 5.91 Å². The van der Waals surface area contributed by atoms with Crippen LogP contribution in [-0.2, 0) is 10.0 Å². The van der Waals surface area contributed by atoms with E-state index in [-0.39, 0.29) is 10.5 Å². The minimum atomic E-state index is -3.63. The van der Waals surface area contributed by atoms with E-state index in [4.69, 9.17) is 9.47 Å². The molecule has 0 radical (unpaired) electrons. The van der Waals surface area contributed by atoms with Crippen molar-refractivity contribution in [3.05, 3.63) is 53.6 Å². The van der Waals surface area contributed by atoms with Gasteiger partial charge in [-0.05, 0) is 43.3 Å². The molecule has 9 heteroatoms. The molecule has 28 heavy (non-hydrogen) atoms. The van der Waals surface area contributed by atoms with E-state index >= 15 is 0 Å². The predicted octanol–water partition coefficient (Wildman–Crippen LogP) is 2.11. The highest BCUT2D eigenvalue weighted by Gasteiger charge is 2.18. The first kappa shape index (κ1) is 21.4. The van der Waals surface area contributed by atoms with Crippen LogP contribution in [0.3, 0.4) is 0 Å². The number of ether oxygens (including phenoxy) is 2. The molecule has 0 heterocycles. The number of hydrogen-bond donors (Lipinski definition) is 1. The topological polar surface area (TPSA) is 97.3 Å². The zero-order valence-corrected chi connectivity index (χ0v) is 17.2. The van der Waals surface area contributed by atoms with Gasteiger partial charge in [-0.25, -0.2) is 18.1 Å². The van der Waals surface area contributed by atoms with Gasteiger partial charge in [-0.1, -0.05) is 6.07 Å². The SMILES string of the molecule is COc1ccc(/C(C)=N\NC(=O)c2cccc(S(=O)(=O)N(C)C)c2)cc1OC. The fraction of sp³-hybridized carbons (Fsp3) is 0.263. The first-order valence-corrected chi connectivity index (χ1v) is 9.74. The Morgan fingerprint density at radius 2 is 1.68 bits per heavy atom. The van der Waals surface area contributed by atoms with Crippen molar-refractivity contribution in [2.45, 2.75) is 11.8 Å². The number of sulfonamides is 1. The Hall–Kier alpha value is -2.91. The van der Waals surface area contributed by atoms with Gasteiger partial charge in [0.05, 0.1) is 24.8 Å². The third-order valence-corrected chi connectivity index (χ3v) is 5.81. The maximum Gasteiger partial charge on any atom is 0.271 e. The van der Waals surface area contributed by atoms with E-state index in [1.807, 2.05) is 0 Å². The molecule has 0 aliphatic rings. The summed E-state index contributed by atoms with van der Waals surface area (Å²) in [6.45, 7) is 1.73. The largest absolute Gasteiger partial charge is 0.493 e. The summed E-state index contributed by atoms with van der Waals surface area (Å²) >= 11 is 0. The lowest BCUT2D eigenvalue weighted by atomic mass is 10.1. The highest BCUT2D eigenvalue weighted by atomic mass is 32.2. The first-order valence-electron chi connectivity index (χ1n) is 8.30. The first-order chi connectivity index (χ1) is 13.2. The molecule has 150 valence electrons. The summed E-state index contributed by atoms with van der Waals surface area (Å²) < 4.78 is 36.0. The van der Waals surface area contributed by atoms with Gasteiger partial charge in [0.15, 0.2) is 11.5 Å². The molecular weight excluding hydrogens is 382 g/mol. The van der Waals surface area contributed by atoms with Crippen LogP contribution in [0.1, 0.15) is 22.8 Å². The Kier molecular flexibility index (Phi) is 6.76. The maximum absolute atomic E-state index is 12.4. The Bertz CT molecular complexity index is 1000. The molecule has 1 N–H and O–H groups in total. The average Bonchev–Trinajstić information content (AvgIpc) is 2.70. The summed E-state index contributed by atoms with van der Waals surface area (Å²) in [5, 5.41) is 4.09. The Morgan fingerprint density at radius 1 is 1.00 bits per heavy atom. The van der Waals surface area contributed by atoms with Crippen LogP contribution in [0.5, 0.6) is 11.5 Å². The molecule has 0 aromatic heterocycles. The van der Waals surface area contributed by atoms with Gasteiger partial charge in [-0.2, -0.15) is 5.10 Å². The minimum Gasteiger partial charge on any atom is -0.493 e. The van der Waals surface area contributed by atoms with Gasteiger partial charge >= 0.3 is 0 Å². The molecule has 8 nitrogen and oxygen atoms in total. The van der Waals surface area contributed by atoms with Gasteiger partial charge in [0, 0.05) is 25.2 Å². The molecule has 0 bridgehead atoms. The van der Waals surface area contributed by atoms with E-state index in [0.29, 0.717) is 17.2 Å². The number of hydrogen-bond acceptors (Lipinski definition) is 6. The smallest absolute Gasteiger partial charge is 0.271 e. The van der Waals surface area contributed by atoms with E-state index in [9.17, 15) is 13.2 Å². The van der Waals surface area contributed by atoms with E-state index in [1.165, 1.54) is 45.5 Å². The van der Waals surface area contributed by atoms with Crippen LogP contribution >= 0.6 is 0 Å². The van der Waals surface area contributed by atoms with Crippen LogP contribution in [-0.4, -0.2) is 52.7 Å². The van der Waals surface area contributed by atoms with Crippen molar-refractivity contribution in [2.24, 2.45) is 5.10 Å². The molecule has 0 atom stereocenters. The lowest BCUT2D eigenvalue weighted by Gasteiger charge is -2.12. The molecule has 0 spiro atoms. The summed E-state index contributed by atoms with van der Waals surface area (Å²) in [6, 6.07) is 11.0. The average molecular weight is 405 g/mol. The number of benzene rings is 2. The standard InChI is InChI=1S/C19H23N3O5S/c1-13(14-9-10-17(26-4)18(12-14)27-5)20-21-19(23)15-7-6-8-16(11-15)28(24,25)22(2)3/h6-12H,1-5H3,(H,21,23)/b20-13-. The zero-order valence-electron chi connectivity index (χ0n) is 16.4. The van der Waals surface area contributed by atoms with Crippen molar-refractivity contribution in [1.82, 2.24) is 9.73 Å². The highest BCUT2D eigenvalue weighted by molar-refractivity contribution is 7.89. The normalized spacial score (nSPS) is 12.0. The van der Waals surface area contributed by atoms with E-state index in [2.05, 4.69) is 10.5 Å². The number of carbonyl (C=O) groups is 1. The van der Waals surface area contributed by atoms with E-state index in [0.717, 1.165) is 9.87 Å². The number of methoxy groups -OCH3 is 2. The Labute approximate surface area is 164 Å². The third-order valence-electron chi connectivity index (χ3n) is 4.00. The number of hydrazone groups is 1. The van der Waals surface area contributed by atoms with Crippen LogP contribution in [0.4, 0.5) is 0 Å². The molecule has 0 aliphatic heterocycles. The lowest BCUT2D eigenvalue weighted by molar-refractivity contribution is 0.0954. The van der Waals surface area contributed by atoms with Crippen molar-refractivity contribution < 1.29 is 22.7 Å². The van der Waals surface area contributed by atoms with Gasteiger partial charge < -0.3 is 9.47 Å². The summed E-state index contributed by atoms with van der Waals surface area (Å²) in [6.07, 6.45) is 0. The van der Waals surface area contributed by atoms with Gasteiger partial charge in [0.1, 0.15) is 0 Å². The van der Waals surface area contributed by atoms with Crippen LogP contribution < -0.4 is 14.9 Å². The number of nitrogens with one attached hydrogen (secondary N) is 1. The number of nitrogens with zero attached hydrogens (tertiary/aromatic N) is 2. The lowest BCUT2D eigenvalue weighted by Crippen LogP contribution is -2.23. The van der Waals surface area contributed by atoms with E-state index < -0.39 is 15.9 Å². The van der Waals surface area contributed by atoms with E-state index in [1.54, 1.807) is 32.2 Å². The fourth-order valence-electron chi connectivity index (χ4n) is 2.33. The summed E-state index contributed by atoms with van der Waals surface area (Å²) in [5.74, 6) is 0.611. The molecule has 2 aromatic carbocycles. The molecule has 0 aliphatic carbocycles. The van der Waals surface area contributed by atoms with Crippen molar-refractivity contribution in [3.8, 4) is 11.5 Å². The van der Waals surface area contributed by atoms with Gasteiger partial charge in [0.2, 0.25) is 10.0 Å². The molecule has 0 saturated heterocycles. The molecule has 0 fully saturated rings. The third kappa shape index (κ3) is 4.68. The number of rotatable bonds is 7. The Morgan fingerprint density at radius 3 is 2.29 bits per heavy atom. The number of carbonyl (C=O) groups excluding carboxylic acids is 1. The van der Waals surface area contributed by atoms with Crippen LogP contribution in [0.15, 0.2) is 52.5 Å². The van der Waals surface area contributed by atoms with Crippen molar-refractivity contribution >= 4 is 21.6 Å². The predicted molar refractivity (Wildman–Crippen MR) is 107 cm³/mol. The fourth-order valence-corrected chi connectivity index (χ4v) is 3.28. The summed E-state index contributed by atoms with van der Waals surface area (Å²) in [5.41, 5.74) is 3.91. The minimum absolute atomic E-state index is 0.0331. The quantitative estimate of drug-likeness (QED) is 0.562. The number of amides is 1. The zero-order chi connectivity index (χ0) is 20.9. The molecule has 0 unspecified atom stereocenters. The van der Waals surface area contributed by atoms with Crippen LogP contribution in [0.2, 0.25) is 0 Å². The second-order valence-corrected chi connectivity index (χ2v) is 8.17. The van der Waals surface area contributed by atoms with Crippen LogP contribution in [0, 0.1) is 0 Å². The second kappa shape index (κ2) is 8.85. The van der Waals surface area contributed by atoms with Crippen molar-refractivity contribution in [3.63, 3.8) is 0 Å². The van der Waals surface area contributed by atoms with Crippen LogP contribution in [0.25, 0.3) is 0 Å². The van der Waals surface area contributed by atoms with Gasteiger partial charge in [-0.15, -0.1) is 0 Å². The summed E-state index contributed by atoms with van der Waals surface area (Å²) in [4.78, 5) is 12.4. The Balaban J connectivity index is 2.22. The molecular formula is C19H23N3O5S. The molecule has 2 rings (SSSR count). The van der Waals surface area contributed by atoms with Gasteiger partial charge in [-0.3, -0.25) is 4.79 Å². The molecule has 0 saturated carbocycles. The maximum atomic E-state index is 12.4. The van der Waals surface area contributed by atoms with Crippen molar-refractivity contribution in [2.75, 3.05) is 28.3 Å². The second-order valence-electron chi connectivity index (χ2n) is 6.02. The highest BCUT2D eigenvalue weighted by Crippen LogP contribution is 2.27.